The molecule has 0 saturated heterocycles. The first-order valence-corrected chi connectivity index (χ1v) is 8.53. The van der Waals surface area contributed by atoms with Crippen molar-refractivity contribution in [2.75, 3.05) is 14.2 Å². The second-order valence-electron chi connectivity index (χ2n) is 6.15. The summed E-state index contributed by atoms with van der Waals surface area (Å²) in [7, 11) is 3.35. The fourth-order valence-electron chi connectivity index (χ4n) is 2.51. The zero-order valence-electron chi connectivity index (χ0n) is 16.1. The summed E-state index contributed by atoms with van der Waals surface area (Å²) in [6.45, 7) is 6.60. The van der Waals surface area contributed by atoms with Crippen LogP contribution < -0.4 is 4.74 Å². The minimum absolute atomic E-state index is 0.516. The Morgan fingerprint density at radius 2 is 1.50 bits per heavy atom. The topological polar surface area (TPSA) is 44.2 Å². The molecule has 4 nitrogen and oxygen atoms in total. The lowest BCUT2D eigenvalue weighted by atomic mass is 10.1. The van der Waals surface area contributed by atoms with Crippen molar-refractivity contribution in [3.63, 3.8) is 0 Å². The number of hydrogen-bond acceptors (Lipinski definition) is 4. The molecular weight excluding hydrogens is 324 g/mol. The van der Waals surface area contributed by atoms with Crippen LogP contribution in [0.2, 0.25) is 0 Å². The largest absolute Gasteiger partial charge is 0.497 e. The van der Waals surface area contributed by atoms with Gasteiger partial charge in [0.25, 0.3) is 0 Å². The minimum Gasteiger partial charge on any atom is -0.497 e. The molecule has 0 aliphatic carbocycles. The van der Waals surface area contributed by atoms with E-state index in [1.165, 1.54) is 11.1 Å². The first-order valence-electron chi connectivity index (χ1n) is 8.53. The predicted octanol–water partition coefficient (Wildman–Crippen LogP) is 4.91. The molecule has 0 fully saturated rings. The van der Waals surface area contributed by atoms with E-state index in [1.807, 2.05) is 56.3 Å². The van der Waals surface area contributed by atoms with E-state index < -0.39 is 0 Å². The quantitative estimate of drug-likeness (QED) is 0.670. The van der Waals surface area contributed by atoms with Gasteiger partial charge in [0.15, 0.2) is 5.82 Å². The normalized spacial score (nSPS) is 10.0. The predicted molar refractivity (Wildman–Crippen MR) is 105 cm³/mol. The SMILES string of the molecule is COCc1cc(C)nc(-c2cccc(C)c2)n1.COc1cccc(C)c1. The summed E-state index contributed by atoms with van der Waals surface area (Å²) in [5.41, 5.74) is 5.36. The number of benzene rings is 2. The summed E-state index contributed by atoms with van der Waals surface area (Å²) >= 11 is 0. The van der Waals surface area contributed by atoms with Gasteiger partial charge in [-0.05, 0) is 50.6 Å². The molecule has 3 rings (SSSR count). The van der Waals surface area contributed by atoms with Gasteiger partial charge in [0, 0.05) is 18.4 Å². The highest BCUT2D eigenvalue weighted by atomic mass is 16.5. The van der Waals surface area contributed by atoms with Crippen LogP contribution in [0.1, 0.15) is 22.5 Å². The molecule has 0 N–H and O–H groups in total. The Kier molecular flexibility index (Phi) is 7.30. The summed E-state index contributed by atoms with van der Waals surface area (Å²) in [5.74, 6) is 1.69. The second kappa shape index (κ2) is 9.68. The molecule has 0 aliphatic heterocycles. The first kappa shape index (κ1) is 19.6. The Labute approximate surface area is 155 Å². The number of aryl methyl sites for hydroxylation is 3. The highest BCUT2D eigenvalue weighted by molar-refractivity contribution is 5.56. The lowest BCUT2D eigenvalue weighted by Gasteiger charge is -2.06. The van der Waals surface area contributed by atoms with Crippen molar-refractivity contribution in [1.82, 2.24) is 9.97 Å². The van der Waals surface area contributed by atoms with Gasteiger partial charge < -0.3 is 9.47 Å². The lowest BCUT2D eigenvalue weighted by Crippen LogP contribution is -1.99. The Morgan fingerprint density at radius 1 is 0.808 bits per heavy atom. The van der Waals surface area contributed by atoms with E-state index in [1.54, 1.807) is 14.2 Å². The van der Waals surface area contributed by atoms with Gasteiger partial charge in [0.1, 0.15) is 5.75 Å². The van der Waals surface area contributed by atoms with Gasteiger partial charge >= 0.3 is 0 Å². The van der Waals surface area contributed by atoms with Crippen LogP contribution in [0.4, 0.5) is 0 Å². The smallest absolute Gasteiger partial charge is 0.159 e. The molecule has 26 heavy (non-hydrogen) atoms. The number of nitrogens with zero attached hydrogens (tertiary/aromatic N) is 2. The zero-order chi connectivity index (χ0) is 18.9. The number of hydrogen-bond donors (Lipinski definition) is 0. The van der Waals surface area contributed by atoms with E-state index >= 15 is 0 Å². The third kappa shape index (κ3) is 5.97. The van der Waals surface area contributed by atoms with Crippen LogP contribution >= 0.6 is 0 Å². The molecule has 2 aromatic carbocycles. The Hall–Kier alpha value is -2.72. The molecule has 1 aromatic heterocycles. The van der Waals surface area contributed by atoms with Gasteiger partial charge in [-0.25, -0.2) is 9.97 Å². The van der Waals surface area contributed by atoms with E-state index in [9.17, 15) is 0 Å². The van der Waals surface area contributed by atoms with Crippen LogP contribution in [0, 0.1) is 20.8 Å². The van der Waals surface area contributed by atoms with Crippen molar-refractivity contribution in [2.45, 2.75) is 27.4 Å². The van der Waals surface area contributed by atoms with Gasteiger partial charge in [-0.1, -0.05) is 35.9 Å². The zero-order valence-corrected chi connectivity index (χ0v) is 16.1. The van der Waals surface area contributed by atoms with Gasteiger partial charge in [0.05, 0.1) is 19.4 Å². The van der Waals surface area contributed by atoms with E-state index in [0.29, 0.717) is 6.61 Å². The molecule has 136 valence electrons. The van der Waals surface area contributed by atoms with Crippen molar-refractivity contribution in [3.05, 3.63) is 77.1 Å². The molecule has 0 atom stereocenters. The molecule has 1 heterocycles. The third-order valence-corrected chi connectivity index (χ3v) is 3.70. The maximum atomic E-state index is 5.11. The molecule has 0 saturated carbocycles. The van der Waals surface area contributed by atoms with Crippen LogP contribution in [0.3, 0.4) is 0 Å². The van der Waals surface area contributed by atoms with Gasteiger partial charge in [-0.3, -0.25) is 0 Å². The van der Waals surface area contributed by atoms with Crippen molar-refractivity contribution >= 4 is 0 Å². The highest BCUT2D eigenvalue weighted by Crippen LogP contribution is 2.17. The second-order valence-corrected chi connectivity index (χ2v) is 6.15. The van der Waals surface area contributed by atoms with E-state index in [-0.39, 0.29) is 0 Å². The molecule has 0 bridgehead atoms. The summed E-state index contributed by atoms with van der Waals surface area (Å²) < 4.78 is 10.1. The van der Waals surface area contributed by atoms with Crippen LogP contribution in [0.25, 0.3) is 11.4 Å². The van der Waals surface area contributed by atoms with Crippen molar-refractivity contribution < 1.29 is 9.47 Å². The van der Waals surface area contributed by atoms with Crippen LogP contribution in [-0.2, 0) is 11.3 Å². The van der Waals surface area contributed by atoms with Gasteiger partial charge in [-0.2, -0.15) is 0 Å². The average molecular weight is 350 g/mol. The first-order chi connectivity index (χ1) is 12.5. The summed E-state index contributed by atoms with van der Waals surface area (Å²) in [5, 5.41) is 0. The van der Waals surface area contributed by atoms with E-state index in [0.717, 1.165) is 28.5 Å². The summed E-state index contributed by atoms with van der Waals surface area (Å²) in [6.07, 6.45) is 0. The number of ether oxygens (including phenoxy) is 2. The maximum Gasteiger partial charge on any atom is 0.159 e. The number of rotatable bonds is 4. The van der Waals surface area contributed by atoms with E-state index in [2.05, 4.69) is 29.0 Å². The molecule has 4 heteroatoms. The summed E-state index contributed by atoms with van der Waals surface area (Å²) in [4.78, 5) is 8.96. The number of aromatic nitrogens is 2. The Bertz CT molecular complexity index is 847. The van der Waals surface area contributed by atoms with Crippen molar-refractivity contribution in [3.8, 4) is 17.1 Å². The fraction of sp³-hybridized carbons (Fsp3) is 0.273. The van der Waals surface area contributed by atoms with Crippen LogP contribution in [0.15, 0.2) is 54.6 Å². The van der Waals surface area contributed by atoms with Crippen LogP contribution in [0.5, 0.6) is 5.75 Å². The van der Waals surface area contributed by atoms with Gasteiger partial charge in [0.2, 0.25) is 0 Å². The number of methoxy groups -OCH3 is 2. The van der Waals surface area contributed by atoms with E-state index in [4.69, 9.17) is 9.47 Å². The minimum atomic E-state index is 0.516. The monoisotopic (exact) mass is 350 g/mol. The fourth-order valence-corrected chi connectivity index (χ4v) is 2.51. The molecule has 0 aliphatic rings. The third-order valence-electron chi connectivity index (χ3n) is 3.70. The summed E-state index contributed by atoms with van der Waals surface area (Å²) in [6, 6.07) is 18.1. The molecule has 0 spiro atoms. The average Bonchev–Trinajstić information content (AvgIpc) is 2.62. The molecule has 0 unspecified atom stereocenters. The Morgan fingerprint density at radius 3 is 2.08 bits per heavy atom. The maximum absolute atomic E-state index is 5.11. The molecular formula is C22H26N2O2. The van der Waals surface area contributed by atoms with Gasteiger partial charge in [-0.15, -0.1) is 0 Å². The highest BCUT2D eigenvalue weighted by Gasteiger charge is 2.05. The van der Waals surface area contributed by atoms with Crippen molar-refractivity contribution in [2.24, 2.45) is 0 Å². The lowest BCUT2D eigenvalue weighted by molar-refractivity contribution is 0.181. The molecule has 0 amide bonds. The molecule has 3 aromatic rings. The molecule has 0 radical (unpaired) electrons. The van der Waals surface area contributed by atoms with Crippen molar-refractivity contribution in [1.29, 1.82) is 0 Å². The van der Waals surface area contributed by atoms with Crippen LogP contribution in [-0.4, -0.2) is 24.2 Å². The standard InChI is InChI=1S/C14H16N2O.C8H10O/c1-10-5-4-6-12(7-10)14-15-11(2)8-13(16-14)9-17-3;1-7-4-3-5-8(6-7)9-2/h4-8H,9H2,1-3H3;3-6H,1-2H3. The Balaban J connectivity index is 0.000000228.